The Morgan fingerprint density at radius 3 is 2.64 bits per heavy atom. The summed E-state index contributed by atoms with van der Waals surface area (Å²) in [6.45, 7) is 1.70. The summed E-state index contributed by atoms with van der Waals surface area (Å²) in [5, 5.41) is 16.0. The van der Waals surface area contributed by atoms with Crippen molar-refractivity contribution in [1.82, 2.24) is 5.32 Å². The zero-order valence-electron chi connectivity index (χ0n) is 11.3. The molecule has 0 atom stereocenters. The van der Waals surface area contributed by atoms with Crippen molar-refractivity contribution in [1.29, 1.82) is 0 Å². The van der Waals surface area contributed by atoms with Crippen molar-refractivity contribution >= 4 is 50.5 Å². The summed E-state index contributed by atoms with van der Waals surface area (Å²) < 4.78 is 5.54. The number of carbonyl (C=O) groups excluding carboxylic acids is 1. The third-order valence-electron chi connectivity index (χ3n) is 2.69. The van der Waals surface area contributed by atoms with Gasteiger partial charge in [-0.1, -0.05) is 0 Å². The molecule has 0 unspecified atom stereocenters. The molecular weight excluding hydrogens is 374 g/mol. The van der Waals surface area contributed by atoms with E-state index < -0.39 is 10.8 Å². The van der Waals surface area contributed by atoms with Crippen molar-refractivity contribution in [3.8, 4) is 0 Å². The van der Waals surface area contributed by atoms with Crippen LogP contribution < -0.4 is 10.6 Å². The number of halogens is 1. The third kappa shape index (κ3) is 3.89. The molecule has 1 heterocycles. The maximum Gasteiger partial charge on any atom is 0.293 e. The van der Waals surface area contributed by atoms with Crippen LogP contribution in [0.1, 0.15) is 16.1 Å². The highest BCUT2D eigenvalue weighted by Crippen LogP contribution is 2.21. The Morgan fingerprint density at radius 1 is 1.36 bits per heavy atom. The van der Waals surface area contributed by atoms with E-state index in [-0.39, 0.29) is 16.6 Å². The first-order chi connectivity index (χ1) is 10.4. The van der Waals surface area contributed by atoms with Gasteiger partial charge in [-0.3, -0.25) is 20.2 Å². The molecule has 0 aliphatic heterocycles. The fourth-order valence-electron chi connectivity index (χ4n) is 1.66. The van der Waals surface area contributed by atoms with Crippen molar-refractivity contribution in [2.75, 3.05) is 5.32 Å². The van der Waals surface area contributed by atoms with Gasteiger partial charge in [-0.15, -0.1) is 0 Å². The fourth-order valence-corrected chi connectivity index (χ4v) is 2.17. The highest BCUT2D eigenvalue weighted by atomic mass is 79.9. The van der Waals surface area contributed by atoms with Gasteiger partial charge in [0.1, 0.15) is 0 Å². The van der Waals surface area contributed by atoms with Crippen LogP contribution in [0.3, 0.4) is 0 Å². The standard InChI is InChI=1S/C13H10BrN3O4S/c1-7-6-8(17(19)20)2-3-9(7)15-13(22)16-12(18)10-4-5-11(14)21-10/h2-6H,1H3,(H2,15,16,18,22). The molecule has 0 fully saturated rings. The zero-order valence-corrected chi connectivity index (χ0v) is 13.7. The number of anilines is 1. The number of furan rings is 1. The lowest BCUT2D eigenvalue weighted by Gasteiger charge is -2.10. The second-order valence-corrected chi connectivity index (χ2v) is 5.46. The van der Waals surface area contributed by atoms with Gasteiger partial charge in [0.25, 0.3) is 11.6 Å². The topological polar surface area (TPSA) is 97.4 Å². The Morgan fingerprint density at radius 2 is 2.09 bits per heavy atom. The Balaban J connectivity index is 2.03. The number of nitrogens with one attached hydrogen (secondary N) is 2. The number of non-ortho nitro benzene ring substituents is 1. The number of nitrogens with zero attached hydrogens (tertiary/aromatic N) is 1. The van der Waals surface area contributed by atoms with Gasteiger partial charge in [0.2, 0.25) is 0 Å². The zero-order chi connectivity index (χ0) is 16.3. The number of nitro benzene ring substituents is 1. The molecule has 0 aliphatic rings. The van der Waals surface area contributed by atoms with Crippen molar-refractivity contribution in [3.63, 3.8) is 0 Å². The van der Waals surface area contributed by atoms with Gasteiger partial charge in [0.15, 0.2) is 15.5 Å². The monoisotopic (exact) mass is 383 g/mol. The Kier molecular flexibility index (Phi) is 4.88. The first-order valence-corrected chi connectivity index (χ1v) is 7.19. The van der Waals surface area contributed by atoms with Crippen molar-refractivity contribution in [3.05, 3.63) is 56.4 Å². The molecule has 0 spiro atoms. The lowest BCUT2D eigenvalue weighted by atomic mass is 10.2. The predicted octanol–water partition coefficient (Wildman–Crippen LogP) is 3.39. The summed E-state index contributed by atoms with van der Waals surface area (Å²) >= 11 is 8.13. The second kappa shape index (κ2) is 6.67. The quantitative estimate of drug-likeness (QED) is 0.478. The van der Waals surface area contributed by atoms with E-state index in [1.165, 1.54) is 24.3 Å². The van der Waals surface area contributed by atoms with Crippen LogP contribution in [0.15, 0.2) is 39.4 Å². The number of nitro groups is 1. The van der Waals surface area contributed by atoms with Crippen molar-refractivity contribution in [2.45, 2.75) is 6.92 Å². The van der Waals surface area contributed by atoms with Crippen LogP contribution in [0.2, 0.25) is 0 Å². The number of aryl methyl sites for hydroxylation is 1. The summed E-state index contributed by atoms with van der Waals surface area (Å²) in [6, 6.07) is 7.38. The summed E-state index contributed by atoms with van der Waals surface area (Å²) in [5.41, 5.74) is 1.18. The largest absolute Gasteiger partial charge is 0.444 e. The van der Waals surface area contributed by atoms with Crippen LogP contribution in [-0.2, 0) is 0 Å². The van der Waals surface area contributed by atoms with Gasteiger partial charge in [-0.05, 0) is 58.8 Å². The van der Waals surface area contributed by atoms with E-state index in [0.717, 1.165) is 0 Å². The third-order valence-corrected chi connectivity index (χ3v) is 3.32. The van der Waals surface area contributed by atoms with Crippen LogP contribution >= 0.6 is 28.1 Å². The summed E-state index contributed by atoms with van der Waals surface area (Å²) in [7, 11) is 0. The van der Waals surface area contributed by atoms with E-state index in [4.69, 9.17) is 16.6 Å². The van der Waals surface area contributed by atoms with E-state index in [1.807, 2.05) is 0 Å². The predicted molar refractivity (Wildman–Crippen MR) is 87.9 cm³/mol. The number of hydrogen-bond donors (Lipinski definition) is 2. The molecule has 2 N–H and O–H groups in total. The van der Waals surface area contributed by atoms with Gasteiger partial charge in [-0.25, -0.2) is 0 Å². The van der Waals surface area contributed by atoms with Crippen LogP contribution in [0.5, 0.6) is 0 Å². The molecule has 0 saturated heterocycles. The number of hydrogen-bond acceptors (Lipinski definition) is 5. The van der Waals surface area contributed by atoms with E-state index >= 15 is 0 Å². The van der Waals surface area contributed by atoms with Crippen molar-refractivity contribution in [2.24, 2.45) is 0 Å². The molecule has 2 aromatic rings. The second-order valence-electron chi connectivity index (χ2n) is 4.27. The molecule has 0 radical (unpaired) electrons. The number of thiocarbonyl (C=S) groups is 1. The van der Waals surface area contributed by atoms with Gasteiger partial charge in [0, 0.05) is 17.8 Å². The van der Waals surface area contributed by atoms with E-state index in [2.05, 4.69) is 26.6 Å². The normalized spacial score (nSPS) is 10.1. The van der Waals surface area contributed by atoms with Crippen LogP contribution in [-0.4, -0.2) is 15.9 Å². The minimum absolute atomic E-state index is 0.0153. The minimum atomic E-state index is -0.497. The fraction of sp³-hybridized carbons (Fsp3) is 0.0769. The highest BCUT2D eigenvalue weighted by Gasteiger charge is 2.13. The first kappa shape index (κ1) is 16.1. The Labute approximate surface area is 139 Å². The average Bonchev–Trinajstić information content (AvgIpc) is 2.87. The molecular formula is C13H10BrN3O4S. The highest BCUT2D eigenvalue weighted by molar-refractivity contribution is 9.10. The molecule has 7 nitrogen and oxygen atoms in total. The molecule has 9 heteroatoms. The minimum Gasteiger partial charge on any atom is -0.444 e. The van der Waals surface area contributed by atoms with Gasteiger partial charge < -0.3 is 9.73 Å². The molecule has 0 aliphatic carbocycles. The number of carbonyl (C=O) groups is 1. The van der Waals surface area contributed by atoms with Gasteiger partial charge in [0.05, 0.1) is 4.92 Å². The molecule has 1 aromatic carbocycles. The van der Waals surface area contributed by atoms with Crippen LogP contribution in [0, 0.1) is 17.0 Å². The maximum absolute atomic E-state index is 11.8. The average molecular weight is 384 g/mol. The number of benzene rings is 1. The lowest BCUT2D eigenvalue weighted by molar-refractivity contribution is -0.384. The summed E-state index contributed by atoms with van der Waals surface area (Å²) in [4.78, 5) is 22.0. The van der Waals surface area contributed by atoms with Gasteiger partial charge in [-0.2, -0.15) is 0 Å². The molecule has 1 aromatic heterocycles. The maximum atomic E-state index is 11.8. The van der Waals surface area contributed by atoms with E-state index in [0.29, 0.717) is 15.9 Å². The number of rotatable bonds is 3. The first-order valence-electron chi connectivity index (χ1n) is 5.99. The summed E-state index contributed by atoms with van der Waals surface area (Å²) in [6.07, 6.45) is 0. The molecule has 22 heavy (non-hydrogen) atoms. The Hall–Kier alpha value is -2.26. The molecule has 0 saturated carbocycles. The SMILES string of the molecule is Cc1cc([N+](=O)[O-])ccc1NC(=S)NC(=O)c1ccc(Br)o1. The van der Waals surface area contributed by atoms with Crippen LogP contribution in [0.25, 0.3) is 0 Å². The van der Waals surface area contributed by atoms with E-state index in [1.54, 1.807) is 13.0 Å². The molecule has 2 rings (SSSR count). The van der Waals surface area contributed by atoms with E-state index in [9.17, 15) is 14.9 Å². The van der Waals surface area contributed by atoms with Crippen LogP contribution in [0.4, 0.5) is 11.4 Å². The Bertz CT molecular complexity index is 759. The molecule has 0 bridgehead atoms. The molecule has 1 amide bonds. The lowest BCUT2D eigenvalue weighted by Crippen LogP contribution is -2.34. The van der Waals surface area contributed by atoms with Crippen molar-refractivity contribution < 1.29 is 14.1 Å². The van der Waals surface area contributed by atoms with Gasteiger partial charge >= 0.3 is 0 Å². The molecule has 114 valence electrons. The summed E-state index contributed by atoms with van der Waals surface area (Å²) in [5.74, 6) is -0.390. The smallest absolute Gasteiger partial charge is 0.293 e. The number of amides is 1.